The van der Waals surface area contributed by atoms with Crippen LogP contribution in [0, 0.1) is 5.41 Å². The van der Waals surface area contributed by atoms with Crippen molar-refractivity contribution in [3.63, 3.8) is 0 Å². The van der Waals surface area contributed by atoms with Crippen molar-refractivity contribution < 1.29 is 9.21 Å². The van der Waals surface area contributed by atoms with E-state index in [9.17, 15) is 9.59 Å². The molecule has 1 aliphatic rings. The first kappa shape index (κ1) is 16.1. The SMILES string of the molecule is CC(C)(C)C(=O)N1CCCC(n2c(=O)oc3ccc(Cl)cc32)C1. The third-order valence-electron chi connectivity index (χ3n) is 4.26. The molecular formula is C17H21ClN2O3. The van der Waals surface area contributed by atoms with Gasteiger partial charge in [0.15, 0.2) is 5.58 Å². The number of rotatable bonds is 1. The maximum Gasteiger partial charge on any atom is 0.420 e. The number of halogens is 1. The fourth-order valence-corrected chi connectivity index (χ4v) is 3.34. The van der Waals surface area contributed by atoms with E-state index in [-0.39, 0.29) is 11.9 Å². The second-order valence-corrected chi connectivity index (χ2v) is 7.58. The summed E-state index contributed by atoms with van der Waals surface area (Å²) in [5.41, 5.74) is 0.797. The van der Waals surface area contributed by atoms with Crippen molar-refractivity contribution in [1.82, 2.24) is 9.47 Å². The number of fused-ring (bicyclic) bond motifs is 1. The molecule has 3 rings (SSSR count). The van der Waals surface area contributed by atoms with Crippen LogP contribution in [0.25, 0.3) is 11.1 Å². The molecule has 1 aromatic heterocycles. The minimum absolute atomic E-state index is 0.0812. The third-order valence-corrected chi connectivity index (χ3v) is 4.50. The summed E-state index contributed by atoms with van der Waals surface area (Å²) in [5, 5.41) is 0.561. The van der Waals surface area contributed by atoms with Gasteiger partial charge >= 0.3 is 5.76 Å². The van der Waals surface area contributed by atoms with Crippen LogP contribution in [0.15, 0.2) is 27.4 Å². The van der Waals surface area contributed by atoms with Crippen LogP contribution >= 0.6 is 11.6 Å². The van der Waals surface area contributed by atoms with Crippen LogP contribution < -0.4 is 5.76 Å². The van der Waals surface area contributed by atoms with Gasteiger partial charge in [-0.25, -0.2) is 4.79 Å². The van der Waals surface area contributed by atoms with Crippen LogP contribution in [-0.4, -0.2) is 28.5 Å². The highest BCUT2D eigenvalue weighted by Gasteiger charge is 2.32. The number of hydrogen-bond acceptors (Lipinski definition) is 3. The van der Waals surface area contributed by atoms with Gasteiger partial charge in [-0.15, -0.1) is 0 Å². The van der Waals surface area contributed by atoms with Gasteiger partial charge in [-0.3, -0.25) is 9.36 Å². The number of oxazole rings is 1. The highest BCUT2D eigenvalue weighted by atomic mass is 35.5. The molecule has 1 aromatic carbocycles. The number of carbonyl (C=O) groups excluding carboxylic acids is 1. The lowest BCUT2D eigenvalue weighted by Gasteiger charge is -2.36. The molecule has 0 radical (unpaired) electrons. The van der Waals surface area contributed by atoms with Crippen LogP contribution in [0.3, 0.4) is 0 Å². The molecule has 1 aliphatic heterocycles. The van der Waals surface area contributed by atoms with Gasteiger partial charge in [0.05, 0.1) is 11.6 Å². The summed E-state index contributed by atoms with van der Waals surface area (Å²) in [6.45, 7) is 7.00. The molecule has 5 nitrogen and oxygen atoms in total. The summed E-state index contributed by atoms with van der Waals surface area (Å²) >= 11 is 6.06. The van der Waals surface area contributed by atoms with E-state index in [1.807, 2.05) is 25.7 Å². The van der Waals surface area contributed by atoms with Gasteiger partial charge in [0.2, 0.25) is 5.91 Å². The van der Waals surface area contributed by atoms with Gasteiger partial charge in [-0.1, -0.05) is 32.4 Å². The van der Waals surface area contributed by atoms with E-state index in [0.29, 0.717) is 22.7 Å². The number of likely N-dealkylation sites (tertiary alicyclic amines) is 1. The number of hydrogen-bond donors (Lipinski definition) is 0. The predicted molar refractivity (Wildman–Crippen MR) is 89.8 cm³/mol. The minimum Gasteiger partial charge on any atom is -0.408 e. The maximum atomic E-state index is 12.5. The highest BCUT2D eigenvalue weighted by molar-refractivity contribution is 6.31. The average Bonchev–Trinajstić information content (AvgIpc) is 2.81. The Labute approximate surface area is 139 Å². The van der Waals surface area contributed by atoms with Gasteiger partial charge in [0.25, 0.3) is 0 Å². The van der Waals surface area contributed by atoms with Gasteiger partial charge in [-0.05, 0) is 31.0 Å². The number of piperidine rings is 1. The highest BCUT2D eigenvalue weighted by Crippen LogP contribution is 2.28. The van der Waals surface area contributed by atoms with Crippen molar-refractivity contribution in [2.24, 2.45) is 5.41 Å². The molecule has 6 heteroatoms. The van der Waals surface area contributed by atoms with E-state index in [4.69, 9.17) is 16.0 Å². The van der Waals surface area contributed by atoms with Crippen molar-refractivity contribution in [3.05, 3.63) is 33.8 Å². The quantitative estimate of drug-likeness (QED) is 0.801. The van der Waals surface area contributed by atoms with Crippen molar-refractivity contribution in [3.8, 4) is 0 Å². The number of nitrogens with zero attached hydrogens (tertiary/aromatic N) is 2. The van der Waals surface area contributed by atoms with Crippen molar-refractivity contribution in [1.29, 1.82) is 0 Å². The Morgan fingerprint density at radius 3 is 2.78 bits per heavy atom. The van der Waals surface area contributed by atoms with Crippen molar-refractivity contribution in [2.75, 3.05) is 13.1 Å². The van der Waals surface area contributed by atoms with Gasteiger partial charge in [0, 0.05) is 23.5 Å². The van der Waals surface area contributed by atoms with E-state index in [2.05, 4.69) is 0 Å². The topological polar surface area (TPSA) is 55.5 Å². The van der Waals surface area contributed by atoms with Gasteiger partial charge in [-0.2, -0.15) is 0 Å². The lowest BCUT2D eigenvalue weighted by atomic mass is 9.93. The Bertz CT molecular complexity index is 800. The summed E-state index contributed by atoms with van der Waals surface area (Å²) in [6, 6.07) is 5.07. The number of carbonyl (C=O) groups is 1. The summed E-state index contributed by atoms with van der Waals surface area (Å²) < 4.78 is 6.96. The molecule has 1 unspecified atom stereocenters. The summed E-state index contributed by atoms with van der Waals surface area (Å²) in [7, 11) is 0. The fraction of sp³-hybridized carbons (Fsp3) is 0.529. The average molecular weight is 337 g/mol. The summed E-state index contributed by atoms with van der Waals surface area (Å²) in [4.78, 5) is 26.7. The van der Waals surface area contributed by atoms with Gasteiger partial charge < -0.3 is 9.32 Å². The van der Waals surface area contributed by atoms with E-state index in [0.717, 1.165) is 19.4 Å². The molecule has 0 N–H and O–H groups in total. The summed E-state index contributed by atoms with van der Waals surface area (Å²) in [5.74, 6) is -0.279. The molecule has 2 aromatic rings. The van der Waals surface area contributed by atoms with Crippen LogP contribution in [-0.2, 0) is 4.79 Å². The number of amides is 1. The Morgan fingerprint density at radius 1 is 1.35 bits per heavy atom. The van der Waals surface area contributed by atoms with E-state index in [1.54, 1.807) is 22.8 Å². The van der Waals surface area contributed by atoms with Crippen molar-refractivity contribution in [2.45, 2.75) is 39.7 Å². The Kier molecular flexibility index (Phi) is 4.00. The molecule has 0 aliphatic carbocycles. The molecule has 1 amide bonds. The molecule has 0 bridgehead atoms. The fourth-order valence-electron chi connectivity index (χ4n) is 3.18. The maximum absolute atomic E-state index is 12.5. The zero-order valence-electron chi connectivity index (χ0n) is 13.6. The first-order valence-electron chi connectivity index (χ1n) is 7.87. The first-order chi connectivity index (χ1) is 10.8. The smallest absolute Gasteiger partial charge is 0.408 e. The van der Waals surface area contributed by atoms with E-state index < -0.39 is 11.2 Å². The molecule has 1 fully saturated rings. The van der Waals surface area contributed by atoms with Crippen LogP contribution in [0.4, 0.5) is 0 Å². The van der Waals surface area contributed by atoms with Crippen molar-refractivity contribution >= 4 is 28.6 Å². The lowest BCUT2D eigenvalue weighted by molar-refractivity contribution is -0.141. The standard InChI is InChI=1S/C17H21ClN2O3/c1-17(2,3)15(21)19-8-4-5-12(10-19)20-13-9-11(18)6-7-14(13)23-16(20)22/h6-7,9,12H,4-5,8,10H2,1-3H3. The molecular weight excluding hydrogens is 316 g/mol. The number of benzene rings is 1. The normalized spacial score (nSPS) is 19.3. The first-order valence-corrected chi connectivity index (χ1v) is 8.25. The molecule has 124 valence electrons. The minimum atomic E-state index is -0.422. The van der Waals surface area contributed by atoms with Gasteiger partial charge in [0.1, 0.15) is 0 Å². The molecule has 0 spiro atoms. The molecule has 1 atom stereocenters. The molecule has 23 heavy (non-hydrogen) atoms. The van der Waals surface area contributed by atoms with Crippen LogP contribution in [0.1, 0.15) is 39.7 Å². The largest absolute Gasteiger partial charge is 0.420 e. The van der Waals surface area contributed by atoms with E-state index in [1.165, 1.54) is 0 Å². The Hall–Kier alpha value is -1.75. The zero-order chi connectivity index (χ0) is 16.8. The zero-order valence-corrected chi connectivity index (χ0v) is 14.4. The molecule has 2 heterocycles. The van der Waals surface area contributed by atoms with Crippen LogP contribution in [0.5, 0.6) is 0 Å². The second-order valence-electron chi connectivity index (χ2n) is 7.15. The summed E-state index contributed by atoms with van der Waals surface area (Å²) in [6.07, 6.45) is 1.71. The molecule has 1 saturated heterocycles. The Morgan fingerprint density at radius 2 is 2.09 bits per heavy atom. The third kappa shape index (κ3) is 3.02. The second kappa shape index (κ2) is 5.71. The Balaban J connectivity index is 1.96. The molecule has 0 saturated carbocycles. The van der Waals surface area contributed by atoms with Crippen LogP contribution in [0.2, 0.25) is 5.02 Å². The monoisotopic (exact) mass is 336 g/mol. The predicted octanol–water partition coefficient (Wildman–Crippen LogP) is 3.46. The van der Waals surface area contributed by atoms with E-state index >= 15 is 0 Å². The number of aromatic nitrogens is 1. The lowest BCUT2D eigenvalue weighted by Crippen LogP contribution is -2.46.